The van der Waals surface area contributed by atoms with Crippen molar-refractivity contribution in [1.29, 1.82) is 0 Å². The SMILES string of the molecule is CC(C)(C)[Si](C)(C)OC[C@H]1O[C@@H](n2ccc(NC(=O)c3cccc(C4(C(F)(F)F)N=N4)c3)nc2=O)C[C@@H]1O[Si](C)(C)C(C)(C)C. The van der Waals surface area contributed by atoms with E-state index in [1.54, 1.807) is 0 Å². The van der Waals surface area contributed by atoms with Gasteiger partial charge >= 0.3 is 17.5 Å². The first-order valence-electron chi connectivity index (χ1n) is 15.0. The van der Waals surface area contributed by atoms with Gasteiger partial charge in [0.05, 0.1) is 12.7 Å². The Morgan fingerprint density at radius 2 is 1.67 bits per heavy atom. The fourth-order valence-electron chi connectivity index (χ4n) is 4.42. The molecule has 1 N–H and O–H groups in total. The third kappa shape index (κ3) is 7.32. The number of halogens is 3. The molecule has 3 heterocycles. The number of rotatable bonds is 9. The number of ether oxygens (including phenoxy) is 1. The molecule has 2 aliphatic rings. The van der Waals surface area contributed by atoms with E-state index < -0.39 is 52.4 Å². The molecule has 1 fully saturated rings. The highest BCUT2D eigenvalue weighted by Crippen LogP contribution is 2.52. The van der Waals surface area contributed by atoms with Crippen LogP contribution in [0.3, 0.4) is 0 Å². The number of alkyl halides is 3. The van der Waals surface area contributed by atoms with Gasteiger partial charge in [0, 0.05) is 23.7 Å². The Morgan fingerprint density at radius 3 is 2.20 bits per heavy atom. The van der Waals surface area contributed by atoms with Gasteiger partial charge in [-0.1, -0.05) is 53.7 Å². The summed E-state index contributed by atoms with van der Waals surface area (Å²) in [5.41, 5.74) is -3.64. The molecule has 2 aliphatic heterocycles. The van der Waals surface area contributed by atoms with E-state index >= 15 is 0 Å². The summed E-state index contributed by atoms with van der Waals surface area (Å²) >= 11 is 0. The Labute approximate surface area is 264 Å². The predicted octanol–water partition coefficient (Wildman–Crippen LogP) is 7.38. The van der Waals surface area contributed by atoms with Crippen LogP contribution in [0.4, 0.5) is 19.0 Å². The first-order valence-corrected chi connectivity index (χ1v) is 20.8. The van der Waals surface area contributed by atoms with Crippen LogP contribution < -0.4 is 11.0 Å². The number of carbonyl (C=O) groups excluding carboxylic acids is 1. The number of nitrogens with zero attached hydrogens (tertiary/aromatic N) is 4. The normalized spacial score (nSPS) is 22.0. The van der Waals surface area contributed by atoms with Gasteiger partial charge in [0.2, 0.25) is 0 Å². The first kappa shape index (κ1) is 35.1. The van der Waals surface area contributed by atoms with Crippen molar-refractivity contribution in [3.8, 4) is 0 Å². The zero-order valence-corrected chi connectivity index (χ0v) is 29.6. The Balaban J connectivity index is 1.51. The average molecular weight is 668 g/mol. The molecule has 0 spiro atoms. The lowest BCUT2D eigenvalue weighted by atomic mass is 10.0. The maximum absolute atomic E-state index is 13.4. The van der Waals surface area contributed by atoms with Crippen LogP contribution in [0, 0.1) is 0 Å². The van der Waals surface area contributed by atoms with E-state index in [1.165, 1.54) is 35.0 Å². The summed E-state index contributed by atoms with van der Waals surface area (Å²) in [7, 11) is -4.29. The maximum atomic E-state index is 13.4. The van der Waals surface area contributed by atoms with Crippen LogP contribution in [-0.2, 0) is 19.3 Å². The monoisotopic (exact) mass is 667 g/mol. The molecule has 2 aromatic rings. The molecule has 1 aromatic heterocycles. The lowest BCUT2D eigenvalue weighted by Gasteiger charge is -2.40. The molecule has 0 aliphatic carbocycles. The van der Waals surface area contributed by atoms with Crippen LogP contribution >= 0.6 is 0 Å². The van der Waals surface area contributed by atoms with Crippen molar-refractivity contribution in [1.82, 2.24) is 9.55 Å². The van der Waals surface area contributed by atoms with E-state index in [4.69, 9.17) is 13.6 Å². The molecule has 1 saturated heterocycles. The van der Waals surface area contributed by atoms with Gasteiger partial charge in [-0.15, -0.1) is 10.2 Å². The van der Waals surface area contributed by atoms with Gasteiger partial charge in [-0.3, -0.25) is 9.36 Å². The lowest BCUT2D eigenvalue weighted by Crippen LogP contribution is -2.48. The van der Waals surface area contributed by atoms with Gasteiger partial charge < -0.3 is 18.9 Å². The van der Waals surface area contributed by atoms with Crippen molar-refractivity contribution in [3.63, 3.8) is 0 Å². The molecule has 0 saturated carbocycles. The van der Waals surface area contributed by atoms with Gasteiger partial charge in [0.15, 0.2) is 16.6 Å². The second kappa shape index (κ2) is 11.8. The van der Waals surface area contributed by atoms with Crippen LogP contribution in [0.1, 0.15) is 70.1 Å². The number of carbonyl (C=O) groups is 1. The summed E-state index contributed by atoms with van der Waals surface area (Å²) < 4.78 is 61.3. The number of hydrogen-bond donors (Lipinski definition) is 1. The zero-order chi connectivity index (χ0) is 33.8. The Bertz CT molecular complexity index is 1510. The predicted molar refractivity (Wildman–Crippen MR) is 169 cm³/mol. The summed E-state index contributed by atoms with van der Waals surface area (Å²) in [6.45, 7) is 22.0. The van der Waals surface area contributed by atoms with Gasteiger partial charge in [0.25, 0.3) is 5.91 Å². The van der Waals surface area contributed by atoms with Crippen molar-refractivity contribution in [3.05, 3.63) is 58.1 Å². The van der Waals surface area contributed by atoms with E-state index in [-0.39, 0.29) is 33.1 Å². The number of anilines is 1. The van der Waals surface area contributed by atoms with Crippen molar-refractivity contribution < 1.29 is 31.6 Å². The smallest absolute Gasteiger partial charge is 0.414 e. The molecule has 1 amide bonds. The van der Waals surface area contributed by atoms with E-state index in [0.717, 1.165) is 6.07 Å². The zero-order valence-electron chi connectivity index (χ0n) is 27.6. The molecule has 15 heteroatoms. The first-order chi connectivity index (χ1) is 20.5. The van der Waals surface area contributed by atoms with E-state index in [1.807, 2.05) is 0 Å². The number of nitrogens with one attached hydrogen (secondary N) is 1. The second-order valence-corrected chi connectivity index (χ2v) is 24.3. The number of hydrogen-bond acceptors (Lipinski definition) is 8. The fourth-order valence-corrected chi connectivity index (χ4v) is 6.79. The van der Waals surface area contributed by atoms with E-state index in [2.05, 4.69) is 88.3 Å². The van der Waals surface area contributed by atoms with E-state index in [0.29, 0.717) is 13.0 Å². The molecule has 0 unspecified atom stereocenters. The quantitative estimate of drug-likeness (QED) is 0.279. The van der Waals surface area contributed by atoms with Crippen molar-refractivity contribution >= 4 is 28.4 Å². The number of aromatic nitrogens is 2. The van der Waals surface area contributed by atoms with E-state index in [9.17, 15) is 22.8 Å². The molecule has 0 bridgehead atoms. The van der Waals surface area contributed by atoms with Crippen LogP contribution in [0.15, 0.2) is 51.6 Å². The number of amides is 1. The molecule has 1 aromatic carbocycles. The molecule has 0 radical (unpaired) electrons. The average Bonchev–Trinajstić information content (AvgIpc) is 3.64. The Morgan fingerprint density at radius 1 is 1.04 bits per heavy atom. The summed E-state index contributed by atoms with van der Waals surface area (Å²) in [6, 6.07) is 6.40. The topological polar surface area (TPSA) is 116 Å². The van der Waals surface area contributed by atoms with Crippen LogP contribution in [0.2, 0.25) is 36.3 Å². The molecular formula is C30H44F3N5O5Si2. The highest BCUT2D eigenvalue weighted by Gasteiger charge is 2.65. The summed E-state index contributed by atoms with van der Waals surface area (Å²) in [6.07, 6.45) is -4.20. The standard InChI is InChI=1S/C30H44F3N5O5Si2/c1-27(2,3)44(7,8)41-18-22-21(43-45(9,10)28(4,5)6)17-24(42-22)38-15-14-23(35-26(38)40)34-25(39)19-12-11-13-20(16-19)29(36-37-29)30(31,32)33/h11-16,21-22,24H,17-18H2,1-10H3,(H,34,35,39,40)/t21-,22+,24+/m0/s1. The number of benzene rings is 1. The molecule has 3 atom stereocenters. The second-order valence-electron chi connectivity index (χ2n) is 14.8. The summed E-state index contributed by atoms with van der Waals surface area (Å²) in [5.74, 6) is -0.787. The van der Waals surface area contributed by atoms with Gasteiger partial charge in [-0.25, -0.2) is 4.79 Å². The molecule has 248 valence electrons. The third-order valence-corrected chi connectivity index (χ3v) is 18.5. The fraction of sp³-hybridized carbons (Fsp3) is 0.633. The summed E-state index contributed by atoms with van der Waals surface area (Å²) in [5, 5.41) is 8.82. The minimum absolute atomic E-state index is 0.00550. The van der Waals surface area contributed by atoms with Crippen molar-refractivity contribution in [2.45, 2.75) is 115 Å². The highest BCUT2D eigenvalue weighted by atomic mass is 28.4. The molecular weight excluding hydrogens is 624 g/mol. The van der Waals surface area contributed by atoms with Gasteiger partial charge in [-0.05, 0) is 54.5 Å². The third-order valence-electron chi connectivity index (χ3n) is 9.45. The summed E-state index contributed by atoms with van der Waals surface area (Å²) in [4.78, 5) is 30.1. The van der Waals surface area contributed by atoms with Gasteiger partial charge in [0.1, 0.15) is 18.1 Å². The Kier molecular flexibility index (Phi) is 9.22. The largest absolute Gasteiger partial charge is 0.442 e. The van der Waals surface area contributed by atoms with Crippen LogP contribution in [0.25, 0.3) is 0 Å². The van der Waals surface area contributed by atoms with Crippen LogP contribution in [-0.4, -0.2) is 57.1 Å². The maximum Gasteiger partial charge on any atom is 0.442 e. The lowest BCUT2D eigenvalue weighted by molar-refractivity contribution is -0.166. The van der Waals surface area contributed by atoms with Crippen molar-refractivity contribution in [2.24, 2.45) is 10.2 Å². The molecule has 10 nitrogen and oxygen atoms in total. The highest BCUT2D eigenvalue weighted by molar-refractivity contribution is 6.74. The molecule has 4 rings (SSSR count). The minimum atomic E-state index is -4.72. The minimum Gasteiger partial charge on any atom is -0.414 e. The Hall–Kier alpha value is -2.73. The van der Waals surface area contributed by atoms with Crippen LogP contribution in [0.5, 0.6) is 0 Å². The van der Waals surface area contributed by atoms with Gasteiger partial charge in [-0.2, -0.15) is 18.2 Å². The van der Waals surface area contributed by atoms with Crippen molar-refractivity contribution in [2.75, 3.05) is 11.9 Å². The molecule has 45 heavy (non-hydrogen) atoms.